The van der Waals surface area contributed by atoms with E-state index >= 15 is 0 Å². The van der Waals surface area contributed by atoms with Crippen molar-refractivity contribution in [3.63, 3.8) is 0 Å². The van der Waals surface area contributed by atoms with Gasteiger partial charge in [-0.15, -0.1) is 6.42 Å². The van der Waals surface area contributed by atoms with Crippen LogP contribution in [-0.2, 0) is 0 Å². The van der Waals surface area contributed by atoms with Crippen molar-refractivity contribution in [3.05, 3.63) is 23.8 Å². The molecule has 68 valence electrons. The molecule has 0 heterocycles. The van der Waals surface area contributed by atoms with E-state index < -0.39 is 0 Å². The molecule has 0 aliphatic heterocycles. The number of methoxy groups -OCH3 is 1. The van der Waals surface area contributed by atoms with Gasteiger partial charge in [0.05, 0.1) is 19.3 Å². The average Bonchev–Trinajstić information content (AvgIpc) is 2.18. The number of para-hydroxylation sites is 1. The second-order valence-electron chi connectivity index (χ2n) is 2.41. The van der Waals surface area contributed by atoms with Gasteiger partial charge in [0.2, 0.25) is 0 Å². The number of benzene rings is 1. The topological polar surface area (TPSA) is 18.5 Å². The molecule has 0 aliphatic rings. The molecule has 0 spiro atoms. The lowest BCUT2D eigenvalue weighted by Gasteiger charge is -2.09. The van der Waals surface area contributed by atoms with Gasteiger partial charge in [-0.1, -0.05) is 12.0 Å². The maximum Gasteiger partial charge on any atom is 0.176 e. The molecule has 1 aromatic rings. The third-order valence-electron chi connectivity index (χ3n) is 1.64. The number of hydrogen-bond acceptors (Lipinski definition) is 2. The SMILES string of the molecule is C#Cc1cccc(OCC)c1OC. The summed E-state index contributed by atoms with van der Waals surface area (Å²) in [7, 11) is 1.58. The van der Waals surface area contributed by atoms with E-state index in [0.29, 0.717) is 23.7 Å². The van der Waals surface area contributed by atoms with Gasteiger partial charge in [0.15, 0.2) is 11.5 Å². The van der Waals surface area contributed by atoms with Gasteiger partial charge in [0.1, 0.15) is 0 Å². The highest BCUT2D eigenvalue weighted by atomic mass is 16.5. The largest absolute Gasteiger partial charge is 0.492 e. The second kappa shape index (κ2) is 4.42. The minimum atomic E-state index is 0.602. The number of terminal acetylenes is 1. The van der Waals surface area contributed by atoms with E-state index in [9.17, 15) is 0 Å². The molecule has 0 saturated carbocycles. The quantitative estimate of drug-likeness (QED) is 0.656. The van der Waals surface area contributed by atoms with Gasteiger partial charge < -0.3 is 9.47 Å². The van der Waals surface area contributed by atoms with Crippen LogP contribution in [0, 0.1) is 12.3 Å². The Balaban J connectivity index is 3.13. The molecule has 13 heavy (non-hydrogen) atoms. The van der Waals surface area contributed by atoms with Crippen molar-refractivity contribution >= 4 is 0 Å². The normalized spacial score (nSPS) is 9.00. The summed E-state index contributed by atoms with van der Waals surface area (Å²) in [5.74, 6) is 3.87. The summed E-state index contributed by atoms with van der Waals surface area (Å²) in [5.41, 5.74) is 0.716. The van der Waals surface area contributed by atoms with Crippen LogP contribution in [0.4, 0.5) is 0 Å². The van der Waals surface area contributed by atoms with Crippen LogP contribution in [0.1, 0.15) is 12.5 Å². The van der Waals surface area contributed by atoms with Crippen LogP contribution in [-0.4, -0.2) is 13.7 Å². The fourth-order valence-corrected chi connectivity index (χ4v) is 1.11. The first kappa shape index (κ1) is 9.47. The van der Waals surface area contributed by atoms with Gasteiger partial charge in [-0.25, -0.2) is 0 Å². The van der Waals surface area contributed by atoms with Gasteiger partial charge in [0.25, 0.3) is 0 Å². The molecule has 0 unspecified atom stereocenters. The lowest BCUT2D eigenvalue weighted by molar-refractivity contribution is 0.310. The predicted molar refractivity (Wildman–Crippen MR) is 52.1 cm³/mol. The zero-order valence-corrected chi connectivity index (χ0v) is 7.83. The Bertz CT molecular complexity index is 323. The predicted octanol–water partition coefficient (Wildman–Crippen LogP) is 2.08. The molecule has 1 rings (SSSR count). The Labute approximate surface area is 78.5 Å². The Kier molecular flexibility index (Phi) is 3.22. The van der Waals surface area contributed by atoms with Crippen molar-refractivity contribution in [1.82, 2.24) is 0 Å². The first-order valence-corrected chi connectivity index (χ1v) is 4.09. The molecule has 0 fully saturated rings. The van der Waals surface area contributed by atoms with E-state index in [2.05, 4.69) is 5.92 Å². The zero-order chi connectivity index (χ0) is 9.68. The number of ether oxygens (including phenoxy) is 2. The van der Waals surface area contributed by atoms with Crippen LogP contribution in [0.5, 0.6) is 11.5 Å². The highest BCUT2D eigenvalue weighted by Crippen LogP contribution is 2.30. The smallest absolute Gasteiger partial charge is 0.176 e. The second-order valence-corrected chi connectivity index (χ2v) is 2.41. The fraction of sp³-hybridized carbons (Fsp3) is 0.273. The summed E-state index contributed by atoms with van der Waals surface area (Å²) in [6.07, 6.45) is 5.31. The molecule has 0 amide bonds. The molecule has 0 atom stereocenters. The Morgan fingerprint density at radius 1 is 1.46 bits per heavy atom. The van der Waals surface area contributed by atoms with Gasteiger partial charge >= 0.3 is 0 Å². The summed E-state index contributed by atoms with van der Waals surface area (Å²) in [6.45, 7) is 2.52. The van der Waals surface area contributed by atoms with Gasteiger partial charge in [0, 0.05) is 0 Å². The van der Waals surface area contributed by atoms with E-state index in [1.807, 2.05) is 25.1 Å². The summed E-state index contributed by atoms with van der Waals surface area (Å²) < 4.78 is 10.5. The van der Waals surface area contributed by atoms with Crippen LogP contribution >= 0.6 is 0 Å². The van der Waals surface area contributed by atoms with Gasteiger partial charge in [-0.05, 0) is 19.1 Å². The van der Waals surface area contributed by atoms with Crippen molar-refractivity contribution in [2.45, 2.75) is 6.92 Å². The molecule has 0 bridgehead atoms. The average molecular weight is 176 g/mol. The molecule has 0 N–H and O–H groups in total. The summed E-state index contributed by atoms with van der Waals surface area (Å²) >= 11 is 0. The molecular formula is C11H12O2. The third-order valence-corrected chi connectivity index (χ3v) is 1.64. The maximum absolute atomic E-state index is 5.35. The molecule has 2 nitrogen and oxygen atoms in total. The summed E-state index contributed by atoms with van der Waals surface area (Å²) in [5, 5.41) is 0. The fourth-order valence-electron chi connectivity index (χ4n) is 1.11. The molecule has 0 saturated heterocycles. The highest BCUT2D eigenvalue weighted by Gasteiger charge is 2.06. The summed E-state index contributed by atoms with van der Waals surface area (Å²) in [6, 6.07) is 5.51. The van der Waals surface area contributed by atoms with Crippen LogP contribution in [0.2, 0.25) is 0 Å². The van der Waals surface area contributed by atoms with E-state index in [1.54, 1.807) is 7.11 Å². The Morgan fingerprint density at radius 2 is 2.23 bits per heavy atom. The van der Waals surface area contributed by atoms with Crippen molar-refractivity contribution < 1.29 is 9.47 Å². The van der Waals surface area contributed by atoms with E-state index in [1.165, 1.54) is 0 Å². The molecule has 1 aromatic carbocycles. The monoisotopic (exact) mass is 176 g/mol. The van der Waals surface area contributed by atoms with E-state index in [-0.39, 0.29) is 0 Å². The zero-order valence-electron chi connectivity index (χ0n) is 7.83. The molecule has 0 radical (unpaired) electrons. The van der Waals surface area contributed by atoms with Crippen LogP contribution in [0.3, 0.4) is 0 Å². The highest BCUT2D eigenvalue weighted by molar-refractivity contribution is 5.53. The van der Waals surface area contributed by atoms with Gasteiger partial charge in [-0.3, -0.25) is 0 Å². The Hall–Kier alpha value is -1.62. The summed E-state index contributed by atoms with van der Waals surface area (Å²) in [4.78, 5) is 0. The molecule has 0 aromatic heterocycles. The van der Waals surface area contributed by atoms with Crippen LogP contribution in [0.15, 0.2) is 18.2 Å². The van der Waals surface area contributed by atoms with Crippen molar-refractivity contribution in [1.29, 1.82) is 0 Å². The van der Waals surface area contributed by atoms with Crippen molar-refractivity contribution in [3.8, 4) is 23.8 Å². The van der Waals surface area contributed by atoms with Crippen molar-refractivity contribution in [2.75, 3.05) is 13.7 Å². The van der Waals surface area contributed by atoms with Gasteiger partial charge in [-0.2, -0.15) is 0 Å². The number of rotatable bonds is 3. The Morgan fingerprint density at radius 3 is 2.77 bits per heavy atom. The first-order chi connectivity index (χ1) is 6.33. The molecule has 2 heteroatoms. The van der Waals surface area contributed by atoms with E-state index in [0.717, 1.165) is 0 Å². The van der Waals surface area contributed by atoms with Crippen LogP contribution in [0.25, 0.3) is 0 Å². The third kappa shape index (κ3) is 1.94. The standard InChI is InChI=1S/C11H12O2/c1-4-9-7-6-8-10(13-5-2)11(9)12-3/h1,6-8H,5H2,2-3H3. The minimum absolute atomic E-state index is 0.602. The minimum Gasteiger partial charge on any atom is -0.492 e. The number of hydrogen-bond donors (Lipinski definition) is 0. The lowest BCUT2D eigenvalue weighted by Crippen LogP contribution is -1.96. The molecule has 0 aliphatic carbocycles. The lowest BCUT2D eigenvalue weighted by atomic mass is 10.2. The first-order valence-electron chi connectivity index (χ1n) is 4.09. The van der Waals surface area contributed by atoms with E-state index in [4.69, 9.17) is 15.9 Å². The van der Waals surface area contributed by atoms with Crippen molar-refractivity contribution in [2.24, 2.45) is 0 Å². The molecular weight excluding hydrogens is 164 g/mol. The van der Waals surface area contributed by atoms with Crippen LogP contribution < -0.4 is 9.47 Å². The maximum atomic E-state index is 5.35.